The maximum atomic E-state index is 12.9. The van der Waals surface area contributed by atoms with Crippen molar-refractivity contribution >= 4 is 28.4 Å². The lowest BCUT2D eigenvalue weighted by molar-refractivity contribution is -0.187. The summed E-state index contributed by atoms with van der Waals surface area (Å²) >= 11 is 0. The molecule has 0 unspecified atom stereocenters. The molecule has 1 saturated heterocycles. The standard InChI is InChI=1S/C14H16F3NO4S.ClH/c15-14(16,17)12-9-18(8-11(12)13(19)20)23(21,22)7-6-10-4-2-1-3-5-10;/h1-5,11-12H,6-9H2,(H,19,20);1H/t11-,12-;/m1./s1. The molecule has 1 fully saturated rings. The minimum absolute atomic E-state index is 0. The SMILES string of the molecule is Cl.O=C(O)[C@@H]1CN(S(=O)(=O)CCc2ccccc2)C[C@H]1C(F)(F)F. The molecule has 1 heterocycles. The smallest absolute Gasteiger partial charge is 0.393 e. The molecular formula is C14H17ClF3NO4S. The Hall–Kier alpha value is -1.32. The fourth-order valence-corrected chi connectivity index (χ4v) is 4.12. The summed E-state index contributed by atoms with van der Waals surface area (Å²) in [5, 5.41) is 8.92. The van der Waals surface area contributed by atoms with Gasteiger partial charge in [-0.3, -0.25) is 4.79 Å². The van der Waals surface area contributed by atoms with Crippen LogP contribution >= 0.6 is 12.4 Å². The van der Waals surface area contributed by atoms with Crippen LogP contribution in [0, 0.1) is 11.8 Å². The lowest BCUT2D eigenvalue weighted by Crippen LogP contribution is -2.34. The van der Waals surface area contributed by atoms with E-state index in [9.17, 15) is 26.4 Å². The number of carbonyl (C=O) groups is 1. The molecule has 0 aromatic heterocycles. The number of aryl methyl sites for hydroxylation is 1. The van der Waals surface area contributed by atoms with Gasteiger partial charge in [0.05, 0.1) is 17.6 Å². The summed E-state index contributed by atoms with van der Waals surface area (Å²) in [6.45, 7) is -1.48. The van der Waals surface area contributed by atoms with Gasteiger partial charge >= 0.3 is 12.1 Å². The summed E-state index contributed by atoms with van der Waals surface area (Å²) in [5.74, 6) is -5.92. The van der Waals surface area contributed by atoms with Crippen LogP contribution in [0.4, 0.5) is 13.2 Å². The molecule has 5 nitrogen and oxygen atoms in total. The number of sulfonamides is 1. The molecule has 136 valence electrons. The Morgan fingerprint density at radius 1 is 1.21 bits per heavy atom. The summed E-state index contributed by atoms with van der Waals surface area (Å²) in [4.78, 5) is 11.0. The van der Waals surface area contributed by atoms with Crippen LogP contribution in [0.15, 0.2) is 30.3 Å². The number of hydrogen-bond acceptors (Lipinski definition) is 3. The number of halogens is 4. The zero-order valence-corrected chi connectivity index (χ0v) is 14.1. The highest BCUT2D eigenvalue weighted by molar-refractivity contribution is 7.89. The average molecular weight is 388 g/mol. The van der Waals surface area contributed by atoms with Crippen LogP contribution in [-0.2, 0) is 21.2 Å². The number of aliphatic carboxylic acids is 1. The molecule has 1 aromatic carbocycles. The molecule has 1 N–H and O–H groups in total. The first-order chi connectivity index (χ1) is 10.6. The van der Waals surface area contributed by atoms with Crippen molar-refractivity contribution in [2.45, 2.75) is 12.6 Å². The van der Waals surface area contributed by atoms with E-state index >= 15 is 0 Å². The van der Waals surface area contributed by atoms with Gasteiger partial charge in [0, 0.05) is 13.1 Å². The highest BCUT2D eigenvalue weighted by Crippen LogP contribution is 2.38. The molecule has 2 atom stereocenters. The fraction of sp³-hybridized carbons (Fsp3) is 0.500. The Labute approximate surface area is 143 Å². The van der Waals surface area contributed by atoms with E-state index in [2.05, 4.69) is 0 Å². The zero-order chi connectivity index (χ0) is 17.3. The number of hydrogen-bond donors (Lipinski definition) is 1. The van der Waals surface area contributed by atoms with E-state index in [0.717, 1.165) is 5.56 Å². The van der Waals surface area contributed by atoms with E-state index in [1.54, 1.807) is 30.3 Å². The topological polar surface area (TPSA) is 74.7 Å². The molecular weight excluding hydrogens is 371 g/mol. The molecule has 0 radical (unpaired) electrons. The number of carboxylic acid groups (broad SMARTS) is 1. The Kier molecular flexibility index (Phi) is 6.66. The summed E-state index contributed by atoms with van der Waals surface area (Å²) in [7, 11) is -3.95. The number of nitrogens with zero attached hydrogens (tertiary/aromatic N) is 1. The molecule has 0 aliphatic carbocycles. The first kappa shape index (κ1) is 20.7. The van der Waals surface area contributed by atoms with Crippen LogP contribution in [-0.4, -0.2) is 48.8 Å². The molecule has 0 saturated carbocycles. The van der Waals surface area contributed by atoms with Crippen LogP contribution in [0.25, 0.3) is 0 Å². The average Bonchev–Trinajstić information content (AvgIpc) is 2.93. The quantitative estimate of drug-likeness (QED) is 0.840. The maximum absolute atomic E-state index is 12.9. The van der Waals surface area contributed by atoms with Gasteiger partial charge in [-0.2, -0.15) is 13.2 Å². The van der Waals surface area contributed by atoms with Gasteiger partial charge in [0.25, 0.3) is 0 Å². The molecule has 2 rings (SSSR count). The summed E-state index contributed by atoms with van der Waals surface area (Å²) < 4.78 is 63.8. The molecule has 0 amide bonds. The van der Waals surface area contributed by atoms with E-state index in [4.69, 9.17) is 5.11 Å². The van der Waals surface area contributed by atoms with Crippen molar-refractivity contribution in [3.8, 4) is 0 Å². The van der Waals surface area contributed by atoms with Crippen molar-refractivity contribution in [2.24, 2.45) is 11.8 Å². The first-order valence-corrected chi connectivity index (χ1v) is 8.53. The van der Waals surface area contributed by atoms with Crippen molar-refractivity contribution in [2.75, 3.05) is 18.8 Å². The van der Waals surface area contributed by atoms with E-state index < -0.39 is 47.1 Å². The van der Waals surface area contributed by atoms with Crippen molar-refractivity contribution in [1.29, 1.82) is 0 Å². The van der Waals surface area contributed by atoms with Crippen molar-refractivity contribution in [1.82, 2.24) is 4.31 Å². The Morgan fingerprint density at radius 2 is 1.79 bits per heavy atom. The predicted molar refractivity (Wildman–Crippen MR) is 83.4 cm³/mol. The number of rotatable bonds is 5. The minimum Gasteiger partial charge on any atom is -0.481 e. The molecule has 1 aromatic rings. The maximum Gasteiger partial charge on any atom is 0.393 e. The zero-order valence-electron chi connectivity index (χ0n) is 12.4. The largest absolute Gasteiger partial charge is 0.481 e. The summed E-state index contributed by atoms with van der Waals surface area (Å²) in [6.07, 6.45) is -4.58. The summed E-state index contributed by atoms with van der Waals surface area (Å²) in [6, 6.07) is 8.68. The lowest BCUT2D eigenvalue weighted by Gasteiger charge is -2.18. The van der Waals surface area contributed by atoms with Crippen LogP contribution in [0.5, 0.6) is 0 Å². The van der Waals surface area contributed by atoms with Gasteiger partial charge in [-0.25, -0.2) is 12.7 Å². The third kappa shape index (κ3) is 4.84. The first-order valence-electron chi connectivity index (χ1n) is 6.92. The van der Waals surface area contributed by atoms with Gasteiger partial charge in [0.1, 0.15) is 0 Å². The molecule has 1 aliphatic rings. The van der Waals surface area contributed by atoms with Gasteiger partial charge in [-0.1, -0.05) is 30.3 Å². The highest BCUT2D eigenvalue weighted by Gasteiger charge is 2.54. The number of alkyl halides is 3. The second-order valence-corrected chi connectivity index (χ2v) is 7.55. The number of benzene rings is 1. The van der Waals surface area contributed by atoms with E-state index in [1.807, 2.05) is 0 Å². The van der Waals surface area contributed by atoms with Crippen molar-refractivity contribution in [3.05, 3.63) is 35.9 Å². The van der Waals surface area contributed by atoms with E-state index in [-0.39, 0.29) is 24.6 Å². The van der Waals surface area contributed by atoms with Crippen LogP contribution in [0.1, 0.15) is 5.56 Å². The van der Waals surface area contributed by atoms with Gasteiger partial charge in [-0.15, -0.1) is 12.4 Å². The fourth-order valence-electron chi connectivity index (χ4n) is 2.60. The lowest BCUT2D eigenvalue weighted by atomic mass is 9.96. The van der Waals surface area contributed by atoms with Crippen molar-refractivity contribution < 1.29 is 31.5 Å². The molecule has 0 bridgehead atoms. The molecule has 24 heavy (non-hydrogen) atoms. The number of carboxylic acids is 1. The molecule has 1 aliphatic heterocycles. The predicted octanol–water partition coefficient (Wildman–Crippen LogP) is 2.18. The second-order valence-electron chi connectivity index (χ2n) is 5.46. The second kappa shape index (κ2) is 7.71. The monoisotopic (exact) mass is 387 g/mol. The third-order valence-electron chi connectivity index (χ3n) is 3.91. The van der Waals surface area contributed by atoms with E-state index in [0.29, 0.717) is 4.31 Å². The Morgan fingerprint density at radius 3 is 2.25 bits per heavy atom. The van der Waals surface area contributed by atoms with Crippen LogP contribution < -0.4 is 0 Å². The normalized spacial score (nSPS) is 22.1. The van der Waals surface area contributed by atoms with Gasteiger partial charge in [-0.05, 0) is 12.0 Å². The van der Waals surface area contributed by atoms with Gasteiger partial charge in [0.2, 0.25) is 10.0 Å². The Balaban J connectivity index is 0.00000288. The molecule has 0 spiro atoms. The van der Waals surface area contributed by atoms with Crippen molar-refractivity contribution in [3.63, 3.8) is 0 Å². The van der Waals surface area contributed by atoms with Crippen LogP contribution in [0.2, 0.25) is 0 Å². The van der Waals surface area contributed by atoms with Gasteiger partial charge in [0.15, 0.2) is 0 Å². The van der Waals surface area contributed by atoms with E-state index in [1.165, 1.54) is 0 Å². The highest BCUT2D eigenvalue weighted by atomic mass is 35.5. The van der Waals surface area contributed by atoms with Gasteiger partial charge < -0.3 is 5.11 Å². The third-order valence-corrected chi connectivity index (χ3v) is 5.71. The Bertz CT molecular complexity index is 666. The summed E-state index contributed by atoms with van der Waals surface area (Å²) in [5.41, 5.74) is 0.748. The minimum atomic E-state index is -4.74. The molecule has 10 heteroatoms. The van der Waals surface area contributed by atoms with Crippen LogP contribution in [0.3, 0.4) is 0 Å².